The third-order valence-corrected chi connectivity index (χ3v) is 8.79. The van der Waals surface area contributed by atoms with Crippen molar-refractivity contribution >= 4 is 52.3 Å². The third kappa shape index (κ3) is 3.74. The molecule has 8 rings (SSSR count). The van der Waals surface area contributed by atoms with Gasteiger partial charge in [0.05, 0.1) is 22.5 Å². The number of nitrogens with zero attached hydrogens (tertiary/aromatic N) is 1. The molecule has 1 heterocycles. The highest BCUT2D eigenvalue weighted by Gasteiger charge is 2.67. The van der Waals surface area contributed by atoms with Crippen molar-refractivity contribution in [3.8, 4) is 11.5 Å². The molecule has 1 N–H and O–H groups in total. The Kier molecular flexibility index (Phi) is 5.39. The van der Waals surface area contributed by atoms with E-state index in [1.807, 2.05) is 0 Å². The van der Waals surface area contributed by atoms with Crippen LogP contribution in [0.4, 0.5) is 11.4 Å². The Labute approximate surface area is 229 Å². The molecule has 3 aromatic rings. The smallest absolute Gasteiger partial charge is 0.255 e. The minimum absolute atomic E-state index is 0.140. The highest BCUT2D eigenvalue weighted by Crippen LogP contribution is 2.65. The summed E-state index contributed by atoms with van der Waals surface area (Å²) in [6.07, 6.45) is 5.42. The Hall–Kier alpha value is -3.61. The van der Waals surface area contributed by atoms with Crippen LogP contribution in [0.15, 0.2) is 78.9 Å². The normalized spacial score (nSPS) is 28.2. The van der Waals surface area contributed by atoms with Crippen molar-refractivity contribution in [3.63, 3.8) is 0 Å². The summed E-state index contributed by atoms with van der Waals surface area (Å²) in [4.78, 5) is 41.2. The van der Waals surface area contributed by atoms with Crippen LogP contribution >= 0.6 is 23.2 Å². The topological polar surface area (TPSA) is 75.7 Å². The molecular weight excluding hydrogens is 523 g/mol. The molecule has 2 bridgehead atoms. The van der Waals surface area contributed by atoms with Crippen molar-refractivity contribution < 1.29 is 19.1 Å². The highest BCUT2D eigenvalue weighted by atomic mass is 35.5. The number of carbonyl (C=O) groups excluding carboxylic acids is 3. The Balaban J connectivity index is 1.06. The maximum absolute atomic E-state index is 13.4. The maximum atomic E-state index is 13.4. The van der Waals surface area contributed by atoms with Crippen molar-refractivity contribution in [2.75, 3.05) is 10.2 Å². The first-order valence-corrected chi connectivity index (χ1v) is 13.3. The molecule has 0 aromatic heterocycles. The molecule has 8 heteroatoms. The van der Waals surface area contributed by atoms with Crippen molar-refractivity contribution in [1.82, 2.24) is 0 Å². The predicted molar refractivity (Wildman–Crippen MR) is 145 cm³/mol. The lowest BCUT2D eigenvalue weighted by Gasteiger charge is -2.37. The number of benzene rings is 3. The summed E-state index contributed by atoms with van der Waals surface area (Å²) in [7, 11) is 0. The number of rotatable bonds is 5. The second-order valence-electron chi connectivity index (χ2n) is 10.4. The van der Waals surface area contributed by atoms with Gasteiger partial charge in [0.2, 0.25) is 11.8 Å². The molecular formula is C30H22Cl2N2O4. The van der Waals surface area contributed by atoms with E-state index >= 15 is 0 Å². The number of anilines is 2. The number of nitrogens with one attached hydrogen (secondary N) is 1. The number of hydrogen-bond donors (Lipinski definition) is 1. The van der Waals surface area contributed by atoms with Gasteiger partial charge in [-0.15, -0.1) is 0 Å². The summed E-state index contributed by atoms with van der Waals surface area (Å²) in [6, 6.07) is 18.5. The number of hydrogen-bond acceptors (Lipinski definition) is 4. The van der Waals surface area contributed by atoms with Crippen molar-refractivity contribution in [2.24, 2.45) is 35.5 Å². The summed E-state index contributed by atoms with van der Waals surface area (Å²) in [6.45, 7) is 0. The average molecular weight is 545 g/mol. The second kappa shape index (κ2) is 8.72. The number of ether oxygens (including phenoxy) is 1. The van der Waals surface area contributed by atoms with E-state index in [1.54, 1.807) is 66.7 Å². The standard InChI is InChI=1S/C30H22Cl2N2O4/c31-16-4-11-25(24(32)13-16)38-19-7-5-17(6-8-19)33-28(35)15-2-1-3-18(12-15)34-29(36)26-20-9-10-21(23-14-22(20)23)27(26)30(34)37/h1-13,20-23,26-27H,14H2,(H,33,35)/t20-,21-,22-,23-,26-,27+/m0/s1. The zero-order valence-corrected chi connectivity index (χ0v) is 21.5. The number of carbonyl (C=O) groups is 3. The zero-order chi connectivity index (χ0) is 26.1. The van der Waals surface area contributed by atoms with Crippen LogP contribution in [-0.2, 0) is 9.59 Å². The number of imide groups is 1. The van der Waals surface area contributed by atoms with Gasteiger partial charge in [0.15, 0.2) is 0 Å². The molecule has 0 radical (unpaired) electrons. The van der Waals surface area contributed by atoms with Gasteiger partial charge < -0.3 is 10.1 Å². The van der Waals surface area contributed by atoms with Crippen LogP contribution in [0.5, 0.6) is 11.5 Å². The third-order valence-electron chi connectivity index (χ3n) is 8.26. The Morgan fingerprint density at radius 3 is 2.21 bits per heavy atom. The van der Waals surface area contributed by atoms with Crippen molar-refractivity contribution in [2.45, 2.75) is 6.42 Å². The van der Waals surface area contributed by atoms with Gasteiger partial charge in [-0.25, -0.2) is 4.90 Å². The monoisotopic (exact) mass is 544 g/mol. The molecule has 38 heavy (non-hydrogen) atoms. The van der Waals surface area contributed by atoms with Gasteiger partial charge in [-0.1, -0.05) is 41.4 Å². The van der Waals surface area contributed by atoms with E-state index in [2.05, 4.69) is 17.5 Å². The average Bonchev–Trinajstić information content (AvgIpc) is 3.69. The van der Waals surface area contributed by atoms with Gasteiger partial charge >= 0.3 is 0 Å². The van der Waals surface area contributed by atoms with Gasteiger partial charge in [0, 0.05) is 16.3 Å². The predicted octanol–water partition coefficient (Wildman–Crippen LogP) is 6.60. The lowest BCUT2D eigenvalue weighted by atomic mass is 9.63. The fourth-order valence-electron chi connectivity index (χ4n) is 6.49. The van der Waals surface area contributed by atoms with E-state index in [-0.39, 0.29) is 41.4 Å². The lowest BCUT2D eigenvalue weighted by Crippen LogP contribution is -2.40. The molecule has 3 fully saturated rings. The minimum atomic E-state index is -0.347. The number of amides is 3. The Bertz CT molecular complexity index is 1500. The van der Waals surface area contributed by atoms with E-state index in [4.69, 9.17) is 27.9 Å². The van der Waals surface area contributed by atoms with Crippen LogP contribution < -0.4 is 15.0 Å². The van der Waals surface area contributed by atoms with Crippen LogP contribution in [0.3, 0.4) is 0 Å². The van der Waals surface area contributed by atoms with Crippen LogP contribution in [-0.4, -0.2) is 17.7 Å². The molecule has 190 valence electrons. The summed E-state index contributed by atoms with van der Waals surface area (Å²) < 4.78 is 5.79. The number of halogens is 2. The maximum Gasteiger partial charge on any atom is 0.255 e. The molecule has 6 nitrogen and oxygen atoms in total. The van der Waals surface area contributed by atoms with Crippen LogP contribution in [0.2, 0.25) is 10.0 Å². The molecule has 3 aromatic carbocycles. The van der Waals surface area contributed by atoms with E-state index < -0.39 is 0 Å². The molecule has 1 aliphatic heterocycles. The first kappa shape index (κ1) is 23.5. The van der Waals surface area contributed by atoms with Gasteiger partial charge in [0.25, 0.3) is 5.91 Å². The molecule has 6 atom stereocenters. The quantitative estimate of drug-likeness (QED) is 0.290. The van der Waals surface area contributed by atoms with Gasteiger partial charge in [-0.3, -0.25) is 14.4 Å². The fraction of sp³-hybridized carbons (Fsp3) is 0.233. The summed E-state index contributed by atoms with van der Waals surface area (Å²) in [5.41, 5.74) is 1.37. The van der Waals surface area contributed by atoms with E-state index in [0.717, 1.165) is 6.42 Å². The Morgan fingerprint density at radius 2 is 1.55 bits per heavy atom. The van der Waals surface area contributed by atoms with E-state index in [0.29, 0.717) is 50.3 Å². The molecule has 0 spiro atoms. The SMILES string of the molecule is O=C(Nc1ccc(Oc2ccc(Cl)cc2Cl)cc1)c1cccc(N2C(=O)[C@@H]3[C@H]4C=C[C@@H]([C@@H]5C[C@@H]45)[C@@H]3C2=O)c1. The molecule has 3 amide bonds. The highest BCUT2D eigenvalue weighted by molar-refractivity contribution is 6.35. The Morgan fingerprint density at radius 1 is 0.868 bits per heavy atom. The minimum Gasteiger partial charge on any atom is -0.456 e. The molecule has 2 saturated carbocycles. The summed E-state index contributed by atoms with van der Waals surface area (Å²) >= 11 is 12.1. The molecule has 4 aliphatic carbocycles. The number of allylic oxidation sites excluding steroid dienone is 2. The van der Waals surface area contributed by atoms with Crippen molar-refractivity contribution in [3.05, 3.63) is 94.5 Å². The van der Waals surface area contributed by atoms with Crippen LogP contribution in [0.25, 0.3) is 0 Å². The molecule has 5 aliphatic rings. The second-order valence-corrected chi connectivity index (χ2v) is 11.2. The van der Waals surface area contributed by atoms with Gasteiger partial charge in [0.1, 0.15) is 11.5 Å². The molecule has 0 unspecified atom stereocenters. The zero-order valence-electron chi connectivity index (χ0n) is 20.0. The van der Waals surface area contributed by atoms with Gasteiger partial charge in [-0.05, 0) is 90.8 Å². The van der Waals surface area contributed by atoms with E-state index in [9.17, 15) is 14.4 Å². The van der Waals surface area contributed by atoms with Crippen LogP contribution in [0, 0.1) is 35.5 Å². The van der Waals surface area contributed by atoms with Crippen molar-refractivity contribution in [1.29, 1.82) is 0 Å². The summed E-state index contributed by atoms with van der Waals surface area (Å²) in [5.74, 6) is 1.23. The van der Waals surface area contributed by atoms with E-state index in [1.165, 1.54) is 4.90 Å². The summed E-state index contributed by atoms with van der Waals surface area (Å²) in [5, 5.41) is 3.77. The largest absolute Gasteiger partial charge is 0.456 e. The first-order chi connectivity index (χ1) is 18.4. The van der Waals surface area contributed by atoms with Gasteiger partial charge in [-0.2, -0.15) is 0 Å². The lowest BCUT2D eigenvalue weighted by molar-refractivity contribution is -0.124. The van der Waals surface area contributed by atoms with Crippen LogP contribution in [0.1, 0.15) is 16.8 Å². The fourth-order valence-corrected chi connectivity index (χ4v) is 6.94. The molecule has 1 saturated heterocycles. The first-order valence-electron chi connectivity index (χ1n) is 12.6.